The zero-order valence-corrected chi connectivity index (χ0v) is 14.9. The molecule has 1 rings (SSSR count). The molecule has 4 heteroatoms. The highest BCUT2D eigenvalue weighted by Gasteiger charge is 2.03. The first-order valence-electron chi connectivity index (χ1n) is 8.76. The molecule has 0 fully saturated rings. The van der Waals surface area contributed by atoms with Gasteiger partial charge in [0.2, 0.25) is 0 Å². The Morgan fingerprint density at radius 3 is 2.52 bits per heavy atom. The average molecular weight is 325 g/mol. The Labute approximate surface area is 140 Å². The summed E-state index contributed by atoms with van der Waals surface area (Å²) in [5.41, 5.74) is 1.09. The summed E-state index contributed by atoms with van der Waals surface area (Å²) in [5.74, 6) is 0.00471. The number of unbranched alkanes of at least 4 members (excludes halogenated alkanes) is 2. The molecule has 0 aromatic heterocycles. The minimum absolute atomic E-state index is 0.310. The van der Waals surface area contributed by atoms with Crippen molar-refractivity contribution in [2.75, 3.05) is 40.5 Å². The van der Waals surface area contributed by atoms with Gasteiger partial charge in [-0.25, -0.2) is 4.39 Å². The summed E-state index contributed by atoms with van der Waals surface area (Å²) in [6, 6.07) is 5.03. The number of aryl methyl sites for hydroxylation is 1. The van der Waals surface area contributed by atoms with Gasteiger partial charge in [0.05, 0.1) is 7.11 Å². The number of rotatable bonds is 13. The van der Waals surface area contributed by atoms with Crippen molar-refractivity contribution in [1.82, 2.24) is 4.90 Å². The minimum Gasteiger partial charge on any atom is -0.494 e. The Kier molecular flexibility index (Phi) is 10.7. The molecule has 0 saturated carbocycles. The van der Waals surface area contributed by atoms with Gasteiger partial charge in [0.15, 0.2) is 11.6 Å². The van der Waals surface area contributed by atoms with Gasteiger partial charge in [0, 0.05) is 19.8 Å². The van der Waals surface area contributed by atoms with Crippen molar-refractivity contribution in [3.8, 4) is 5.75 Å². The normalized spacial score (nSPS) is 11.2. The molecule has 3 nitrogen and oxygen atoms in total. The molecule has 0 unspecified atom stereocenters. The highest BCUT2D eigenvalue weighted by molar-refractivity contribution is 5.30. The predicted molar refractivity (Wildman–Crippen MR) is 93.7 cm³/mol. The fraction of sp³-hybridized carbons (Fsp3) is 0.684. The van der Waals surface area contributed by atoms with Crippen molar-refractivity contribution in [3.63, 3.8) is 0 Å². The van der Waals surface area contributed by atoms with Gasteiger partial charge in [-0.2, -0.15) is 0 Å². The molecule has 0 amide bonds. The Hall–Kier alpha value is -1.13. The molecule has 0 saturated heterocycles. The van der Waals surface area contributed by atoms with E-state index in [1.165, 1.54) is 39.0 Å². The molecule has 0 aliphatic heterocycles. The van der Waals surface area contributed by atoms with Gasteiger partial charge in [-0.15, -0.1) is 0 Å². The van der Waals surface area contributed by atoms with E-state index in [1.807, 2.05) is 6.07 Å². The van der Waals surface area contributed by atoms with Crippen LogP contribution in [-0.4, -0.2) is 45.4 Å². The Bertz CT molecular complexity index is 426. The van der Waals surface area contributed by atoms with Crippen molar-refractivity contribution in [1.29, 1.82) is 0 Å². The fourth-order valence-electron chi connectivity index (χ4n) is 2.52. The quantitative estimate of drug-likeness (QED) is 0.505. The predicted octanol–water partition coefficient (Wildman–Crippen LogP) is 4.30. The summed E-state index contributed by atoms with van der Waals surface area (Å²) in [5, 5.41) is 0. The van der Waals surface area contributed by atoms with Crippen LogP contribution in [0.15, 0.2) is 18.2 Å². The Balaban J connectivity index is 2.03. The number of ether oxygens (including phenoxy) is 2. The van der Waals surface area contributed by atoms with Crippen LogP contribution in [0.4, 0.5) is 4.39 Å². The lowest BCUT2D eigenvalue weighted by molar-refractivity contribution is 0.121. The Morgan fingerprint density at radius 1 is 1.04 bits per heavy atom. The van der Waals surface area contributed by atoms with Crippen LogP contribution in [0.25, 0.3) is 0 Å². The molecule has 1 aromatic carbocycles. The van der Waals surface area contributed by atoms with Crippen LogP contribution < -0.4 is 4.74 Å². The van der Waals surface area contributed by atoms with Crippen molar-refractivity contribution in [2.45, 2.75) is 45.4 Å². The molecule has 0 aliphatic carbocycles. The molecule has 0 heterocycles. The number of hydrogen-bond donors (Lipinski definition) is 0. The lowest BCUT2D eigenvalue weighted by atomic mass is 10.1. The maximum Gasteiger partial charge on any atom is 0.165 e. The van der Waals surface area contributed by atoms with Crippen molar-refractivity contribution in [2.24, 2.45) is 0 Å². The van der Waals surface area contributed by atoms with Gasteiger partial charge in [-0.05, 0) is 57.0 Å². The van der Waals surface area contributed by atoms with Crippen molar-refractivity contribution >= 4 is 0 Å². The van der Waals surface area contributed by atoms with Gasteiger partial charge in [0.1, 0.15) is 0 Å². The first-order chi connectivity index (χ1) is 11.2. The van der Waals surface area contributed by atoms with Gasteiger partial charge < -0.3 is 14.4 Å². The first-order valence-corrected chi connectivity index (χ1v) is 8.76. The standard InChI is InChI=1S/C19H32FNO2/c1-4-5-6-12-21(2)13-8-15-23-14-7-9-17-10-11-18(20)19(16-17)22-3/h10-11,16H,4-9,12-15H2,1-3H3. The molecule has 0 bridgehead atoms. The molecule has 0 radical (unpaired) electrons. The molecule has 0 aliphatic rings. The smallest absolute Gasteiger partial charge is 0.165 e. The second kappa shape index (κ2) is 12.3. The van der Waals surface area contributed by atoms with E-state index in [9.17, 15) is 4.39 Å². The number of hydrogen-bond acceptors (Lipinski definition) is 3. The molecule has 0 atom stereocenters. The van der Waals surface area contributed by atoms with Crippen LogP contribution in [-0.2, 0) is 11.2 Å². The van der Waals surface area contributed by atoms with Crippen LogP contribution >= 0.6 is 0 Å². The molecular formula is C19H32FNO2. The SMILES string of the molecule is CCCCCN(C)CCCOCCCc1ccc(F)c(OC)c1. The number of methoxy groups -OCH3 is 1. The van der Waals surface area contributed by atoms with E-state index in [-0.39, 0.29) is 5.82 Å². The van der Waals surface area contributed by atoms with Crippen molar-refractivity contribution < 1.29 is 13.9 Å². The second-order valence-electron chi connectivity index (χ2n) is 6.05. The molecule has 23 heavy (non-hydrogen) atoms. The largest absolute Gasteiger partial charge is 0.494 e. The minimum atomic E-state index is -0.310. The molecule has 1 aromatic rings. The van der Waals surface area contributed by atoms with Crippen LogP contribution in [0.5, 0.6) is 5.75 Å². The van der Waals surface area contributed by atoms with E-state index >= 15 is 0 Å². The highest BCUT2D eigenvalue weighted by atomic mass is 19.1. The zero-order valence-electron chi connectivity index (χ0n) is 14.9. The third-order valence-corrected chi connectivity index (χ3v) is 3.94. The average Bonchev–Trinajstić information content (AvgIpc) is 2.55. The number of nitrogens with zero attached hydrogens (tertiary/aromatic N) is 1. The molecular weight excluding hydrogens is 293 g/mol. The van der Waals surface area contributed by atoms with E-state index in [4.69, 9.17) is 9.47 Å². The maximum absolute atomic E-state index is 13.3. The van der Waals surface area contributed by atoms with Crippen molar-refractivity contribution in [3.05, 3.63) is 29.6 Å². The van der Waals surface area contributed by atoms with E-state index in [0.29, 0.717) is 5.75 Å². The summed E-state index contributed by atoms with van der Waals surface area (Å²) >= 11 is 0. The van der Waals surface area contributed by atoms with E-state index in [2.05, 4.69) is 18.9 Å². The lowest BCUT2D eigenvalue weighted by Gasteiger charge is -2.16. The highest BCUT2D eigenvalue weighted by Crippen LogP contribution is 2.19. The van der Waals surface area contributed by atoms with E-state index in [0.717, 1.165) is 44.6 Å². The maximum atomic E-state index is 13.3. The third-order valence-electron chi connectivity index (χ3n) is 3.94. The zero-order chi connectivity index (χ0) is 16.9. The fourth-order valence-corrected chi connectivity index (χ4v) is 2.52. The van der Waals surface area contributed by atoms with Gasteiger partial charge >= 0.3 is 0 Å². The van der Waals surface area contributed by atoms with E-state index in [1.54, 1.807) is 6.07 Å². The summed E-state index contributed by atoms with van der Waals surface area (Å²) in [4.78, 5) is 2.38. The topological polar surface area (TPSA) is 21.7 Å². The van der Waals surface area contributed by atoms with Crippen LogP contribution in [0.2, 0.25) is 0 Å². The monoisotopic (exact) mass is 325 g/mol. The summed E-state index contributed by atoms with van der Waals surface area (Å²) < 4.78 is 24.0. The van der Waals surface area contributed by atoms with Crippen LogP contribution in [0.3, 0.4) is 0 Å². The molecule has 0 spiro atoms. The number of halogens is 1. The Morgan fingerprint density at radius 2 is 1.78 bits per heavy atom. The van der Waals surface area contributed by atoms with Gasteiger partial charge in [-0.1, -0.05) is 25.8 Å². The van der Waals surface area contributed by atoms with Crippen LogP contribution in [0, 0.1) is 5.82 Å². The lowest BCUT2D eigenvalue weighted by Crippen LogP contribution is -2.22. The molecule has 132 valence electrons. The van der Waals surface area contributed by atoms with Gasteiger partial charge in [0.25, 0.3) is 0 Å². The summed E-state index contributed by atoms with van der Waals surface area (Å²) in [6.07, 6.45) is 6.78. The summed E-state index contributed by atoms with van der Waals surface area (Å²) in [7, 11) is 3.67. The van der Waals surface area contributed by atoms with Gasteiger partial charge in [-0.3, -0.25) is 0 Å². The van der Waals surface area contributed by atoms with Crippen LogP contribution in [0.1, 0.15) is 44.6 Å². The van der Waals surface area contributed by atoms with E-state index < -0.39 is 0 Å². The first kappa shape index (κ1) is 19.9. The second-order valence-corrected chi connectivity index (χ2v) is 6.05. The number of benzene rings is 1. The third kappa shape index (κ3) is 8.92. The molecule has 0 N–H and O–H groups in total. The summed E-state index contributed by atoms with van der Waals surface area (Å²) in [6.45, 7) is 6.07.